The SMILES string of the molecule is CN(C)CCOc1ccc(NC(=O)c2cncc(C#Cc3cnc4cccnn34)c2)cc1C(F)(F)F. The molecule has 36 heavy (non-hydrogen) atoms. The number of hydrogen-bond donors (Lipinski definition) is 1. The average molecular weight is 494 g/mol. The van der Waals surface area contributed by atoms with E-state index in [1.807, 2.05) is 0 Å². The van der Waals surface area contributed by atoms with Gasteiger partial charge in [0.2, 0.25) is 0 Å². The van der Waals surface area contributed by atoms with Crippen molar-refractivity contribution in [3.63, 3.8) is 0 Å². The van der Waals surface area contributed by atoms with Crippen LogP contribution in [0, 0.1) is 11.8 Å². The molecule has 0 saturated heterocycles. The predicted octanol–water partition coefficient (Wildman–Crippen LogP) is 3.74. The third kappa shape index (κ3) is 5.97. The van der Waals surface area contributed by atoms with E-state index in [1.54, 1.807) is 48.0 Å². The highest BCUT2D eigenvalue weighted by Crippen LogP contribution is 2.38. The number of pyridine rings is 1. The Bertz CT molecular complexity index is 1450. The van der Waals surface area contributed by atoms with Crippen LogP contribution in [0.3, 0.4) is 0 Å². The molecular weight excluding hydrogens is 473 g/mol. The van der Waals surface area contributed by atoms with Crippen LogP contribution < -0.4 is 10.1 Å². The molecule has 0 aliphatic heterocycles. The van der Waals surface area contributed by atoms with Crippen molar-refractivity contribution in [1.82, 2.24) is 24.5 Å². The first kappa shape index (κ1) is 24.7. The van der Waals surface area contributed by atoms with Crippen LogP contribution in [0.2, 0.25) is 0 Å². The van der Waals surface area contributed by atoms with Crippen molar-refractivity contribution in [2.45, 2.75) is 6.18 Å². The number of benzene rings is 1. The lowest BCUT2D eigenvalue weighted by Gasteiger charge is -2.17. The van der Waals surface area contributed by atoms with Crippen molar-refractivity contribution >= 4 is 17.2 Å². The molecule has 0 unspecified atom stereocenters. The van der Waals surface area contributed by atoms with Gasteiger partial charge in [0.1, 0.15) is 18.1 Å². The van der Waals surface area contributed by atoms with Crippen molar-refractivity contribution in [1.29, 1.82) is 0 Å². The van der Waals surface area contributed by atoms with Crippen LogP contribution in [-0.2, 0) is 6.18 Å². The lowest BCUT2D eigenvalue weighted by Crippen LogP contribution is -2.20. The Morgan fingerprint density at radius 2 is 1.97 bits per heavy atom. The minimum Gasteiger partial charge on any atom is -0.492 e. The zero-order valence-electron chi connectivity index (χ0n) is 19.4. The number of imidazole rings is 1. The summed E-state index contributed by atoms with van der Waals surface area (Å²) in [4.78, 5) is 22.7. The number of amides is 1. The van der Waals surface area contributed by atoms with E-state index in [0.29, 0.717) is 23.4 Å². The third-order valence-corrected chi connectivity index (χ3v) is 4.95. The Labute approximate surface area is 204 Å². The minimum atomic E-state index is -4.65. The predicted molar refractivity (Wildman–Crippen MR) is 127 cm³/mol. The Morgan fingerprint density at radius 3 is 2.75 bits per heavy atom. The van der Waals surface area contributed by atoms with Crippen LogP contribution in [0.4, 0.5) is 18.9 Å². The zero-order valence-corrected chi connectivity index (χ0v) is 19.4. The van der Waals surface area contributed by atoms with E-state index in [-0.39, 0.29) is 23.6 Å². The van der Waals surface area contributed by atoms with Gasteiger partial charge in [0.15, 0.2) is 5.65 Å². The maximum absolute atomic E-state index is 13.6. The van der Waals surface area contributed by atoms with Crippen molar-refractivity contribution in [2.24, 2.45) is 0 Å². The quantitative estimate of drug-likeness (QED) is 0.411. The van der Waals surface area contributed by atoms with Gasteiger partial charge in [0.05, 0.1) is 17.3 Å². The van der Waals surface area contributed by atoms with Crippen LogP contribution >= 0.6 is 0 Å². The summed E-state index contributed by atoms with van der Waals surface area (Å²) in [7, 11) is 3.58. The summed E-state index contributed by atoms with van der Waals surface area (Å²) in [5.74, 6) is 4.90. The lowest BCUT2D eigenvalue weighted by atomic mass is 10.1. The van der Waals surface area contributed by atoms with Crippen LogP contribution in [-0.4, -0.2) is 57.6 Å². The fourth-order valence-corrected chi connectivity index (χ4v) is 3.18. The number of halogens is 3. The normalized spacial score (nSPS) is 11.3. The molecule has 0 bridgehead atoms. The fourth-order valence-electron chi connectivity index (χ4n) is 3.18. The summed E-state index contributed by atoms with van der Waals surface area (Å²) in [5.41, 5.74) is 0.763. The second kappa shape index (κ2) is 10.5. The van der Waals surface area contributed by atoms with Crippen molar-refractivity contribution in [3.05, 3.63) is 83.6 Å². The van der Waals surface area contributed by atoms with Gasteiger partial charge in [-0.15, -0.1) is 0 Å². The average Bonchev–Trinajstić information content (AvgIpc) is 3.26. The standard InChI is InChI=1S/C25H21F3N6O2/c1-33(2)10-11-36-22-8-6-19(13-21(22)25(26,27)28)32-24(35)18-12-17(14-29-15-18)5-7-20-16-30-23-4-3-9-31-34(20)23/h3-4,6,8-9,12-16H,10-11H2,1-2H3,(H,32,35). The Kier molecular flexibility index (Phi) is 7.17. The summed E-state index contributed by atoms with van der Waals surface area (Å²) in [6.07, 6.45) is 1.31. The first-order valence-electron chi connectivity index (χ1n) is 10.8. The largest absolute Gasteiger partial charge is 0.492 e. The van der Waals surface area contributed by atoms with Gasteiger partial charge < -0.3 is 15.0 Å². The summed E-state index contributed by atoms with van der Waals surface area (Å²) >= 11 is 0. The molecule has 4 aromatic rings. The molecule has 0 radical (unpaired) electrons. The van der Waals surface area contributed by atoms with Gasteiger partial charge in [-0.1, -0.05) is 5.92 Å². The molecule has 0 saturated carbocycles. The Balaban J connectivity index is 1.51. The molecule has 0 atom stereocenters. The highest BCUT2D eigenvalue weighted by atomic mass is 19.4. The fraction of sp³-hybridized carbons (Fsp3) is 0.200. The highest BCUT2D eigenvalue weighted by Gasteiger charge is 2.35. The topological polar surface area (TPSA) is 84.6 Å². The second-order valence-corrected chi connectivity index (χ2v) is 7.96. The number of fused-ring (bicyclic) bond motifs is 1. The summed E-state index contributed by atoms with van der Waals surface area (Å²) in [5, 5.41) is 6.66. The molecule has 3 heterocycles. The number of aromatic nitrogens is 4. The maximum Gasteiger partial charge on any atom is 0.420 e. The second-order valence-electron chi connectivity index (χ2n) is 7.96. The Morgan fingerprint density at radius 1 is 1.14 bits per heavy atom. The van der Waals surface area contributed by atoms with Gasteiger partial charge in [-0.2, -0.15) is 18.3 Å². The number of carbonyl (C=O) groups excluding carboxylic acids is 1. The molecule has 3 aromatic heterocycles. The smallest absolute Gasteiger partial charge is 0.420 e. The van der Waals surface area contributed by atoms with Crippen LogP contribution in [0.5, 0.6) is 5.75 Å². The lowest BCUT2D eigenvalue weighted by molar-refractivity contribution is -0.138. The molecule has 184 valence electrons. The van der Waals surface area contributed by atoms with Gasteiger partial charge >= 0.3 is 6.18 Å². The number of nitrogens with zero attached hydrogens (tertiary/aromatic N) is 5. The van der Waals surface area contributed by atoms with Gasteiger partial charge in [0, 0.05) is 36.4 Å². The van der Waals surface area contributed by atoms with E-state index >= 15 is 0 Å². The minimum absolute atomic E-state index is 0.0272. The molecule has 0 spiro atoms. The number of rotatable bonds is 6. The van der Waals surface area contributed by atoms with Gasteiger partial charge in [-0.25, -0.2) is 9.50 Å². The van der Waals surface area contributed by atoms with E-state index in [1.165, 1.54) is 30.6 Å². The summed E-state index contributed by atoms with van der Waals surface area (Å²) in [6, 6.07) is 8.44. The third-order valence-electron chi connectivity index (χ3n) is 4.95. The number of anilines is 1. The maximum atomic E-state index is 13.6. The highest BCUT2D eigenvalue weighted by molar-refractivity contribution is 6.04. The van der Waals surface area contributed by atoms with Crippen LogP contribution in [0.25, 0.3) is 5.65 Å². The molecular formula is C25H21F3N6O2. The van der Waals surface area contributed by atoms with E-state index in [9.17, 15) is 18.0 Å². The molecule has 11 heteroatoms. The molecule has 1 aromatic carbocycles. The van der Waals surface area contributed by atoms with Gasteiger partial charge in [0.25, 0.3) is 5.91 Å². The number of ether oxygens (including phenoxy) is 1. The zero-order chi connectivity index (χ0) is 25.7. The van der Waals surface area contributed by atoms with Crippen molar-refractivity contribution < 1.29 is 22.7 Å². The first-order valence-corrected chi connectivity index (χ1v) is 10.8. The summed E-state index contributed by atoms with van der Waals surface area (Å²) in [6.45, 7) is 0.544. The van der Waals surface area contributed by atoms with Gasteiger partial charge in [-0.05, 0) is 56.4 Å². The van der Waals surface area contributed by atoms with E-state index in [2.05, 4.69) is 32.2 Å². The van der Waals surface area contributed by atoms with Gasteiger partial charge in [-0.3, -0.25) is 9.78 Å². The molecule has 4 rings (SSSR count). The van der Waals surface area contributed by atoms with Crippen LogP contribution in [0.15, 0.2) is 61.2 Å². The summed E-state index contributed by atoms with van der Waals surface area (Å²) < 4.78 is 47.6. The van der Waals surface area contributed by atoms with Crippen molar-refractivity contribution in [3.8, 4) is 17.6 Å². The van der Waals surface area contributed by atoms with E-state index < -0.39 is 17.6 Å². The molecule has 1 amide bonds. The molecule has 1 N–H and O–H groups in total. The Hall–Kier alpha value is -4.43. The number of alkyl halides is 3. The molecule has 0 fully saturated rings. The van der Waals surface area contributed by atoms with E-state index in [4.69, 9.17) is 4.74 Å². The van der Waals surface area contributed by atoms with E-state index in [0.717, 1.165) is 6.07 Å². The number of hydrogen-bond acceptors (Lipinski definition) is 6. The number of nitrogens with one attached hydrogen (secondary N) is 1. The van der Waals surface area contributed by atoms with Crippen molar-refractivity contribution in [2.75, 3.05) is 32.6 Å². The number of carbonyl (C=O) groups is 1. The number of likely N-dealkylation sites (N-methyl/N-ethyl adjacent to an activating group) is 1. The molecule has 0 aliphatic rings. The molecule has 0 aliphatic carbocycles. The first-order chi connectivity index (χ1) is 17.2. The molecule has 8 nitrogen and oxygen atoms in total. The monoisotopic (exact) mass is 494 g/mol. The van der Waals surface area contributed by atoms with Crippen LogP contribution in [0.1, 0.15) is 27.2 Å².